The first-order chi connectivity index (χ1) is 9.56. The van der Waals surface area contributed by atoms with Crippen LogP contribution in [-0.2, 0) is 9.46 Å². The van der Waals surface area contributed by atoms with Gasteiger partial charge in [0.25, 0.3) is 0 Å². The molecule has 5 nitrogen and oxygen atoms in total. The number of hydrogen-bond acceptors (Lipinski definition) is 5. The smallest absolute Gasteiger partial charge is 0.366 e. The molecular formula is C14H32O5Si. The zero-order chi connectivity index (χ0) is 15.1. The van der Waals surface area contributed by atoms with Crippen LogP contribution in [0.3, 0.4) is 0 Å². The fourth-order valence-electron chi connectivity index (χ4n) is 2.12. The van der Waals surface area contributed by atoms with Crippen molar-refractivity contribution >= 4 is 9.05 Å². The molecule has 0 saturated carbocycles. The van der Waals surface area contributed by atoms with Gasteiger partial charge in [0.2, 0.25) is 0 Å². The summed E-state index contributed by atoms with van der Waals surface area (Å²) >= 11 is 0. The zero-order valence-corrected chi connectivity index (χ0v) is 13.9. The maximum Gasteiger partial charge on any atom is 0.699 e. The van der Waals surface area contributed by atoms with Gasteiger partial charge in [-0.05, 0) is 6.42 Å². The molecule has 0 aliphatic heterocycles. The van der Waals surface area contributed by atoms with Gasteiger partial charge in [-0.3, -0.25) is 0 Å². The lowest BCUT2D eigenvalue weighted by atomic mass is 10.1. The van der Waals surface area contributed by atoms with Crippen LogP contribution in [0.25, 0.3) is 0 Å². The van der Waals surface area contributed by atoms with Crippen molar-refractivity contribution in [3.05, 3.63) is 0 Å². The van der Waals surface area contributed by atoms with Gasteiger partial charge < -0.3 is 14.4 Å². The SMILES string of the molecule is CCCCCCCCCCCCCCOO[Si](O)(O)O. The molecule has 0 rings (SSSR count). The summed E-state index contributed by atoms with van der Waals surface area (Å²) in [5.74, 6) is 0. The molecule has 0 heterocycles. The molecule has 0 aliphatic carbocycles. The van der Waals surface area contributed by atoms with Crippen molar-refractivity contribution in [2.24, 2.45) is 0 Å². The molecule has 6 heteroatoms. The molecule has 0 bridgehead atoms. The molecule has 0 aromatic carbocycles. The summed E-state index contributed by atoms with van der Waals surface area (Å²) in [5.41, 5.74) is 0. The molecule has 122 valence electrons. The van der Waals surface area contributed by atoms with E-state index in [4.69, 9.17) is 14.4 Å². The number of unbranched alkanes of at least 4 members (excludes halogenated alkanes) is 11. The standard InChI is InChI=1S/C14H32O5Si/c1-2-3-4-5-6-7-8-9-10-11-12-13-14-18-19-20(15,16)17/h15-17H,2-14H2,1H3. The van der Waals surface area contributed by atoms with Gasteiger partial charge in [0.15, 0.2) is 0 Å². The van der Waals surface area contributed by atoms with Gasteiger partial charge in [-0.2, -0.15) is 4.58 Å². The fourth-order valence-corrected chi connectivity index (χ4v) is 2.36. The van der Waals surface area contributed by atoms with Crippen molar-refractivity contribution < 1.29 is 23.9 Å². The summed E-state index contributed by atoms with van der Waals surface area (Å²) in [6.45, 7) is 2.53. The van der Waals surface area contributed by atoms with Crippen LogP contribution in [0.1, 0.15) is 84.0 Å². The normalized spacial score (nSPS) is 12.0. The Morgan fingerprint density at radius 3 is 1.45 bits per heavy atom. The molecule has 20 heavy (non-hydrogen) atoms. The van der Waals surface area contributed by atoms with Gasteiger partial charge in [0.1, 0.15) is 0 Å². The third-order valence-corrected chi connectivity index (χ3v) is 3.59. The van der Waals surface area contributed by atoms with Crippen LogP contribution in [-0.4, -0.2) is 30.0 Å². The minimum Gasteiger partial charge on any atom is -0.366 e. The Balaban J connectivity index is 2.99. The molecule has 0 aromatic heterocycles. The van der Waals surface area contributed by atoms with Gasteiger partial charge >= 0.3 is 9.05 Å². The van der Waals surface area contributed by atoms with Gasteiger partial charge in [-0.1, -0.05) is 77.6 Å². The highest BCUT2D eigenvalue weighted by atomic mass is 28.4. The van der Waals surface area contributed by atoms with E-state index < -0.39 is 9.05 Å². The summed E-state index contributed by atoms with van der Waals surface area (Å²) in [6, 6.07) is 0. The van der Waals surface area contributed by atoms with E-state index in [1.165, 1.54) is 64.2 Å². The Morgan fingerprint density at radius 1 is 0.650 bits per heavy atom. The van der Waals surface area contributed by atoms with Crippen molar-refractivity contribution in [1.29, 1.82) is 0 Å². The third kappa shape index (κ3) is 18.0. The largest absolute Gasteiger partial charge is 0.699 e. The van der Waals surface area contributed by atoms with Crippen LogP contribution >= 0.6 is 0 Å². The van der Waals surface area contributed by atoms with E-state index in [1.54, 1.807) is 0 Å². The molecule has 0 unspecified atom stereocenters. The summed E-state index contributed by atoms with van der Waals surface area (Å²) in [5, 5.41) is 0. The Morgan fingerprint density at radius 2 is 1.05 bits per heavy atom. The van der Waals surface area contributed by atoms with Gasteiger partial charge in [-0.15, -0.1) is 0 Å². The maximum atomic E-state index is 8.51. The summed E-state index contributed by atoms with van der Waals surface area (Å²) in [6.07, 6.45) is 15.1. The van der Waals surface area contributed by atoms with Crippen LogP contribution < -0.4 is 0 Å². The van der Waals surface area contributed by atoms with E-state index in [2.05, 4.69) is 16.4 Å². The van der Waals surface area contributed by atoms with E-state index in [9.17, 15) is 0 Å². The summed E-state index contributed by atoms with van der Waals surface area (Å²) in [7, 11) is -4.48. The van der Waals surface area contributed by atoms with Crippen molar-refractivity contribution in [3.8, 4) is 0 Å². The minimum atomic E-state index is -4.48. The fraction of sp³-hybridized carbons (Fsp3) is 1.00. The Hall–Kier alpha value is 0.0169. The summed E-state index contributed by atoms with van der Waals surface area (Å²) < 4.78 is 4.03. The zero-order valence-electron chi connectivity index (χ0n) is 12.9. The van der Waals surface area contributed by atoms with Crippen LogP contribution in [0.15, 0.2) is 0 Å². The lowest BCUT2D eigenvalue weighted by Gasteiger charge is -2.08. The molecular weight excluding hydrogens is 276 g/mol. The molecule has 0 saturated heterocycles. The Labute approximate surface area is 124 Å². The highest BCUT2D eigenvalue weighted by molar-refractivity contribution is 6.48. The molecule has 0 atom stereocenters. The average Bonchev–Trinajstić information content (AvgIpc) is 2.38. The molecule has 0 spiro atoms. The quantitative estimate of drug-likeness (QED) is 0.187. The molecule has 0 aromatic rings. The monoisotopic (exact) mass is 308 g/mol. The Bertz CT molecular complexity index is 196. The lowest BCUT2D eigenvalue weighted by molar-refractivity contribution is -0.262. The molecule has 0 amide bonds. The first-order valence-electron chi connectivity index (χ1n) is 8.04. The first-order valence-corrected chi connectivity index (χ1v) is 9.79. The topological polar surface area (TPSA) is 79.2 Å². The van der Waals surface area contributed by atoms with E-state index in [1.807, 2.05) is 0 Å². The molecule has 0 radical (unpaired) electrons. The van der Waals surface area contributed by atoms with Crippen LogP contribution in [0.4, 0.5) is 0 Å². The van der Waals surface area contributed by atoms with Crippen molar-refractivity contribution in [1.82, 2.24) is 0 Å². The van der Waals surface area contributed by atoms with Crippen LogP contribution in [0.2, 0.25) is 0 Å². The predicted molar refractivity (Wildman–Crippen MR) is 80.5 cm³/mol. The van der Waals surface area contributed by atoms with Gasteiger partial charge in [0.05, 0.1) is 6.61 Å². The number of rotatable bonds is 15. The van der Waals surface area contributed by atoms with Crippen LogP contribution in [0.5, 0.6) is 0 Å². The maximum absolute atomic E-state index is 8.51. The number of hydrogen-bond donors (Lipinski definition) is 3. The summed E-state index contributed by atoms with van der Waals surface area (Å²) in [4.78, 5) is 30.0. The van der Waals surface area contributed by atoms with Crippen molar-refractivity contribution in [2.45, 2.75) is 84.0 Å². The van der Waals surface area contributed by atoms with Crippen LogP contribution in [0, 0.1) is 0 Å². The van der Waals surface area contributed by atoms with Gasteiger partial charge in [-0.25, -0.2) is 4.89 Å². The highest BCUT2D eigenvalue weighted by Gasteiger charge is 2.32. The molecule has 0 aliphatic rings. The van der Waals surface area contributed by atoms with E-state index in [0.717, 1.165) is 12.8 Å². The van der Waals surface area contributed by atoms with Crippen molar-refractivity contribution in [3.63, 3.8) is 0 Å². The second-order valence-electron chi connectivity index (χ2n) is 5.37. The minimum absolute atomic E-state index is 0.286. The predicted octanol–water partition coefficient (Wildman–Crippen LogP) is 3.05. The van der Waals surface area contributed by atoms with Crippen molar-refractivity contribution in [2.75, 3.05) is 6.61 Å². The molecule has 3 N–H and O–H groups in total. The first kappa shape index (κ1) is 20.0. The average molecular weight is 308 g/mol. The lowest BCUT2D eigenvalue weighted by Crippen LogP contribution is -2.38. The van der Waals surface area contributed by atoms with E-state index in [-0.39, 0.29) is 6.61 Å². The van der Waals surface area contributed by atoms with E-state index >= 15 is 0 Å². The second kappa shape index (κ2) is 14.0. The third-order valence-electron chi connectivity index (χ3n) is 3.25. The van der Waals surface area contributed by atoms with Gasteiger partial charge in [0, 0.05) is 0 Å². The highest BCUT2D eigenvalue weighted by Crippen LogP contribution is 2.11. The van der Waals surface area contributed by atoms with E-state index in [0.29, 0.717) is 0 Å². The second-order valence-corrected chi connectivity index (χ2v) is 6.68. The Kier molecular flexibility index (Phi) is 14.0. The molecule has 0 fully saturated rings.